The SMILES string of the molecule is CC1(C)Cc2nc(N3CC4CN(c5ncc(Cl)cn5)CC4C3)nc(NC3(CO)CCC3)c2S1=O. The van der Waals surface area contributed by atoms with Crippen molar-refractivity contribution in [3.8, 4) is 0 Å². The molecule has 4 aliphatic rings. The van der Waals surface area contributed by atoms with Gasteiger partial charge in [-0.3, -0.25) is 4.21 Å². The summed E-state index contributed by atoms with van der Waals surface area (Å²) < 4.78 is 12.9. The Hall–Kier alpha value is -2.04. The van der Waals surface area contributed by atoms with E-state index in [1.165, 1.54) is 0 Å². The molecule has 3 atom stereocenters. The Labute approximate surface area is 206 Å². The minimum Gasteiger partial charge on any atom is -0.394 e. The Morgan fingerprint density at radius 3 is 2.26 bits per heavy atom. The molecule has 182 valence electrons. The molecule has 5 heterocycles. The van der Waals surface area contributed by atoms with Gasteiger partial charge in [-0.05, 0) is 33.1 Å². The summed E-state index contributed by atoms with van der Waals surface area (Å²) in [5.74, 6) is 3.03. The standard InChI is InChI=1S/C23H30ClN7O2S/c1-22(2)6-17-18(34(22)33)19(29-23(13-32)4-3-5-23)28-21(27-17)31-11-14-9-30(10-15(14)12-31)20-25-7-16(24)8-26-20/h7-8,14-15,32H,3-6,9-13H2,1-2H3,(H,27,28,29). The van der Waals surface area contributed by atoms with Crippen LogP contribution in [0.15, 0.2) is 17.3 Å². The van der Waals surface area contributed by atoms with Crippen LogP contribution in [0.5, 0.6) is 0 Å². The summed E-state index contributed by atoms with van der Waals surface area (Å²) in [5.41, 5.74) is 0.508. The quantitative estimate of drug-likeness (QED) is 0.635. The molecule has 3 fully saturated rings. The average Bonchev–Trinajstić information content (AvgIpc) is 3.41. The van der Waals surface area contributed by atoms with Gasteiger partial charge in [-0.2, -0.15) is 4.98 Å². The van der Waals surface area contributed by atoms with Crippen LogP contribution in [0.3, 0.4) is 0 Å². The predicted octanol–water partition coefficient (Wildman–Crippen LogP) is 2.26. The first-order chi connectivity index (χ1) is 16.3. The number of rotatable bonds is 5. The maximum atomic E-state index is 13.3. The maximum Gasteiger partial charge on any atom is 0.227 e. The van der Waals surface area contributed by atoms with Crippen molar-refractivity contribution in [1.82, 2.24) is 19.9 Å². The fourth-order valence-electron chi connectivity index (χ4n) is 5.74. The highest BCUT2D eigenvalue weighted by Gasteiger charge is 2.46. The highest BCUT2D eigenvalue weighted by atomic mass is 35.5. The summed E-state index contributed by atoms with van der Waals surface area (Å²) >= 11 is 5.94. The number of halogens is 1. The normalized spacial score (nSPS) is 28.5. The van der Waals surface area contributed by atoms with E-state index in [1.807, 2.05) is 13.8 Å². The van der Waals surface area contributed by atoms with E-state index >= 15 is 0 Å². The van der Waals surface area contributed by atoms with Gasteiger partial charge < -0.3 is 20.2 Å². The third-order valence-electron chi connectivity index (χ3n) is 7.86. The zero-order chi connectivity index (χ0) is 23.7. The lowest BCUT2D eigenvalue weighted by atomic mass is 9.77. The lowest BCUT2D eigenvalue weighted by Gasteiger charge is -2.41. The van der Waals surface area contributed by atoms with Gasteiger partial charge in [0.1, 0.15) is 10.7 Å². The van der Waals surface area contributed by atoms with E-state index in [1.54, 1.807) is 12.4 Å². The van der Waals surface area contributed by atoms with Gasteiger partial charge in [0.15, 0.2) is 0 Å². The second-order valence-electron chi connectivity index (χ2n) is 10.8. The summed E-state index contributed by atoms with van der Waals surface area (Å²) in [6.07, 6.45) is 6.81. The van der Waals surface area contributed by atoms with Crippen LogP contribution in [0.25, 0.3) is 0 Å². The van der Waals surface area contributed by atoms with E-state index in [0.29, 0.717) is 35.0 Å². The Balaban J connectivity index is 1.25. The lowest BCUT2D eigenvalue weighted by molar-refractivity contribution is 0.143. The number of aromatic nitrogens is 4. The van der Waals surface area contributed by atoms with Crippen molar-refractivity contribution >= 4 is 40.1 Å². The molecule has 11 heteroatoms. The molecule has 0 aromatic carbocycles. The minimum absolute atomic E-state index is 0.0492. The summed E-state index contributed by atoms with van der Waals surface area (Å²) in [7, 11) is -1.19. The molecule has 3 aliphatic heterocycles. The van der Waals surface area contributed by atoms with E-state index in [2.05, 4.69) is 25.1 Å². The summed E-state index contributed by atoms with van der Waals surface area (Å²) in [6, 6.07) is 0. The fourth-order valence-corrected chi connectivity index (χ4v) is 7.26. The molecule has 1 aliphatic carbocycles. The van der Waals surface area contributed by atoms with Gasteiger partial charge in [-0.15, -0.1) is 0 Å². The molecular formula is C23H30ClN7O2S. The van der Waals surface area contributed by atoms with Crippen molar-refractivity contribution in [3.05, 3.63) is 23.1 Å². The summed E-state index contributed by atoms with van der Waals surface area (Å²) in [6.45, 7) is 7.61. The number of hydrogen-bond acceptors (Lipinski definition) is 9. The number of nitrogens with zero attached hydrogens (tertiary/aromatic N) is 6. The lowest BCUT2D eigenvalue weighted by Crippen LogP contribution is -2.48. The van der Waals surface area contributed by atoms with Crippen LogP contribution in [0, 0.1) is 11.8 Å². The van der Waals surface area contributed by atoms with Gasteiger partial charge in [0.25, 0.3) is 0 Å². The van der Waals surface area contributed by atoms with E-state index in [0.717, 1.165) is 62.0 Å². The van der Waals surface area contributed by atoms with Gasteiger partial charge in [-0.1, -0.05) is 11.6 Å². The van der Waals surface area contributed by atoms with E-state index in [9.17, 15) is 9.32 Å². The molecule has 3 unspecified atom stereocenters. The topological polar surface area (TPSA) is 107 Å². The molecule has 0 radical (unpaired) electrons. The number of aliphatic hydroxyl groups excluding tert-OH is 1. The number of nitrogens with one attached hydrogen (secondary N) is 1. The molecule has 6 rings (SSSR count). The van der Waals surface area contributed by atoms with Gasteiger partial charge in [0, 0.05) is 44.4 Å². The van der Waals surface area contributed by atoms with Crippen molar-refractivity contribution in [1.29, 1.82) is 0 Å². The molecule has 2 N–H and O–H groups in total. The minimum atomic E-state index is -1.19. The second-order valence-corrected chi connectivity index (χ2v) is 13.3. The maximum absolute atomic E-state index is 13.3. The molecular weight excluding hydrogens is 474 g/mol. The molecule has 0 spiro atoms. The predicted molar refractivity (Wildman–Crippen MR) is 132 cm³/mol. The smallest absolute Gasteiger partial charge is 0.227 e. The van der Waals surface area contributed by atoms with Crippen LogP contribution in [0.2, 0.25) is 5.02 Å². The molecule has 0 amide bonds. The van der Waals surface area contributed by atoms with E-state index in [4.69, 9.17) is 21.6 Å². The van der Waals surface area contributed by atoms with Crippen molar-refractivity contribution in [2.75, 3.05) is 47.9 Å². The van der Waals surface area contributed by atoms with Crippen LogP contribution in [0.4, 0.5) is 17.7 Å². The van der Waals surface area contributed by atoms with Gasteiger partial charge >= 0.3 is 0 Å². The van der Waals surface area contributed by atoms with Crippen LogP contribution in [-0.4, -0.2) is 72.3 Å². The monoisotopic (exact) mass is 503 g/mol. The van der Waals surface area contributed by atoms with Crippen molar-refractivity contribution in [3.63, 3.8) is 0 Å². The average molecular weight is 504 g/mol. The van der Waals surface area contributed by atoms with Crippen LogP contribution >= 0.6 is 11.6 Å². The summed E-state index contributed by atoms with van der Waals surface area (Å²) in [4.78, 5) is 23.8. The first-order valence-electron chi connectivity index (χ1n) is 12.0. The molecule has 2 aromatic rings. The molecule has 1 saturated carbocycles. The zero-order valence-electron chi connectivity index (χ0n) is 19.5. The molecule has 2 saturated heterocycles. The Morgan fingerprint density at radius 2 is 1.71 bits per heavy atom. The van der Waals surface area contributed by atoms with Crippen LogP contribution in [-0.2, 0) is 17.2 Å². The van der Waals surface area contributed by atoms with Gasteiger partial charge in [0.2, 0.25) is 11.9 Å². The van der Waals surface area contributed by atoms with Crippen molar-refractivity contribution in [2.45, 2.75) is 54.7 Å². The van der Waals surface area contributed by atoms with Gasteiger partial charge in [0.05, 0.1) is 50.8 Å². The van der Waals surface area contributed by atoms with Crippen LogP contribution < -0.4 is 15.1 Å². The Kier molecular flexibility index (Phi) is 5.27. The number of fused-ring (bicyclic) bond motifs is 2. The molecule has 34 heavy (non-hydrogen) atoms. The first kappa shape index (κ1) is 22.4. The summed E-state index contributed by atoms with van der Waals surface area (Å²) in [5, 5.41) is 14.1. The second kappa shape index (κ2) is 7.99. The zero-order valence-corrected chi connectivity index (χ0v) is 21.1. The number of anilines is 3. The first-order valence-corrected chi connectivity index (χ1v) is 13.5. The molecule has 9 nitrogen and oxygen atoms in total. The van der Waals surface area contributed by atoms with Crippen LogP contribution in [0.1, 0.15) is 38.8 Å². The number of aliphatic hydroxyl groups is 1. The third-order valence-corrected chi connectivity index (χ3v) is 10.0. The van der Waals surface area contributed by atoms with Crippen molar-refractivity contribution in [2.24, 2.45) is 11.8 Å². The largest absolute Gasteiger partial charge is 0.394 e. The third kappa shape index (κ3) is 3.65. The van der Waals surface area contributed by atoms with Crippen molar-refractivity contribution < 1.29 is 9.32 Å². The molecule has 0 bridgehead atoms. The highest BCUT2D eigenvalue weighted by molar-refractivity contribution is 7.87. The fraction of sp³-hybridized carbons (Fsp3) is 0.652. The van der Waals surface area contributed by atoms with E-state index < -0.39 is 10.8 Å². The highest BCUT2D eigenvalue weighted by Crippen LogP contribution is 2.43. The molecule has 2 aromatic heterocycles. The number of hydrogen-bond donors (Lipinski definition) is 2. The van der Waals surface area contributed by atoms with E-state index in [-0.39, 0.29) is 16.9 Å². The Morgan fingerprint density at radius 1 is 1.09 bits per heavy atom. The van der Waals surface area contributed by atoms with Gasteiger partial charge in [-0.25, -0.2) is 15.0 Å². The Bertz CT molecular complexity index is 1120.